The molecule has 20 heavy (non-hydrogen) atoms. The lowest BCUT2D eigenvalue weighted by Crippen LogP contribution is -2.21. The smallest absolute Gasteiger partial charge is 0.209 e. The van der Waals surface area contributed by atoms with E-state index in [1.807, 2.05) is 24.3 Å². The Morgan fingerprint density at radius 2 is 2.15 bits per heavy atom. The monoisotopic (exact) mass is 351 g/mol. The van der Waals surface area contributed by atoms with Gasteiger partial charge in [0.1, 0.15) is 5.78 Å². The molecular weight excluding hydrogens is 338 g/mol. The van der Waals surface area contributed by atoms with Gasteiger partial charge in [-0.25, -0.2) is 4.98 Å². The van der Waals surface area contributed by atoms with E-state index in [-0.39, 0.29) is 5.25 Å². The molecule has 1 fully saturated rings. The lowest BCUT2D eigenvalue weighted by molar-refractivity contribution is -0.119. The van der Waals surface area contributed by atoms with Crippen LogP contribution in [0.2, 0.25) is 0 Å². The van der Waals surface area contributed by atoms with E-state index in [0.717, 1.165) is 35.1 Å². The van der Waals surface area contributed by atoms with Crippen molar-refractivity contribution in [3.8, 4) is 11.4 Å². The summed E-state index contributed by atoms with van der Waals surface area (Å²) in [6.07, 6.45) is 3.76. The molecule has 1 aromatic carbocycles. The molecule has 0 radical (unpaired) electrons. The van der Waals surface area contributed by atoms with Gasteiger partial charge in [-0.1, -0.05) is 52.3 Å². The van der Waals surface area contributed by atoms with Gasteiger partial charge in [-0.05, 0) is 18.9 Å². The minimum absolute atomic E-state index is 0.0200. The summed E-state index contributed by atoms with van der Waals surface area (Å²) in [7, 11) is 0. The van der Waals surface area contributed by atoms with E-state index in [4.69, 9.17) is 0 Å². The first kappa shape index (κ1) is 13.8. The Labute approximate surface area is 129 Å². The van der Waals surface area contributed by atoms with Crippen molar-refractivity contribution in [1.82, 2.24) is 15.2 Å². The van der Waals surface area contributed by atoms with Crippen LogP contribution >= 0.6 is 27.7 Å². The number of aromatic nitrogens is 3. The third-order valence-corrected chi connectivity index (χ3v) is 5.21. The fourth-order valence-electron chi connectivity index (χ4n) is 2.28. The van der Waals surface area contributed by atoms with Crippen LogP contribution in [0, 0.1) is 0 Å². The standard InChI is InChI=1S/C14H14BrN3OS/c15-10-6-2-1-5-9(10)13-16-14(18-17-13)20-12-8-4-3-7-11(12)19/h1-2,5-6,12H,3-4,7-8H2,(H,16,17,18)/t12-/m0/s1. The highest BCUT2D eigenvalue weighted by Gasteiger charge is 2.24. The van der Waals surface area contributed by atoms with Gasteiger partial charge in [-0.2, -0.15) is 0 Å². The number of halogens is 1. The first-order chi connectivity index (χ1) is 9.74. The third-order valence-electron chi connectivity index (χ3n) is 3.34. The van der Waals surface area contributed by atoms with Crippen molar-refractivity contribution in [2.75, 3.05) is 0 Å². The van der Waals surface area contributed by atoms with Gasteiger partial charge in [-0.15, -0.1) is 5.10 Å². The first-order valence-electron chi connectivity index (χ1n) is 6.61. The van der Waals surface area contributed by atoms with Crippen molar-refractivity contribution in [2.24, 2.45) is 0 Å². The molecule has 4 nitrogen and oxygen atoms in total. The highest BCUT2D eigenvalue weighted by Crippen LogP contribution is 2.31. The van der Waals surface area contributed by atoms with Gasteiger partial charge in [0, 0.05) is 16.5 Å². The molecule has 0 saturated heterocycles. The number of Topliss-reactive ketones (excluding diaryl/α,β-unsaturated/α-hetero) is 1. The van der Waals surface area contributed by atoms with Crippen LogP contribution in [0.15, 0.2) is 33.9 Å². The fraction of sp³-hybridized carbons (Fsp3) is 0.357. The van der Waals surface area contributed by atoms with Crippen LogP contribution in [0.4, 0.5) is 0 Å². The van der Waals surface area contributed by atoms with Crippen molar-refractivity contribution >= 4 is 33.5 Å². The molecule has 3 rings (SSSR count). The van der Waals surface area contributed by atoms with Crippen LogP contribution in [-0.4, -0.2) is 26.2 Å². The summed E-state index contributed by atoms with van der Waals surface area (Å²) in [6.45, 7) is 0. The Kier molecular flexibility index (Phi) is 4.21. The molecule has 2 aromatic rings. The Hall–Kier alpha value is -1.14. The summed E-state index contributed by atoms with van der Waals surface area (Å²) in [4.78, 5) is 16.3. The molecule has 1 aliphatic rings. The molecule has 0 unspecified atom stereocenters. The van der Waals surface area contributed by atoms with E-state index in [0.29, 0.717) is 17.4 Å². The quantitative estimate of drug-likeness (QED) is 0.912. The highest BCUT2D eigenvalue weighted by atomic mass is 79.9. The molecule has 1 atom stereocenters. The number of H-pyrrole nitrogens is 1. The van der Waals surface area contributed by atoms with Crippen molar-refractivity contribution < 1.29 is 4.79 Å². The molecule has 1 aliphatic carbocycles. The second-order valence-electron chi connectivity index (χ2n) is 4.77. The fourth-order valence-corrected chi connectivity index (χ4v) is 3.78. The van der Waals surface area contributed by atoms with E-state index >= 15 is 0 Å². The van der Waals surface area contributed by atoms with Crippen LogP contribution in [0.25, 0.3) is 11.4 Å². The average Bonchev–Trinajstić information content (AvgIpc) is 2.90. The number of thioether (sulfide) groups is 1. The molecular formula is C14H14BrN3OS. The molecule has 0 amide bonds. The molecule has 1 N–H and O–H groups in total. The Bertz CT molecular complexity index is 628. The third kappa shape index (κ3) is 2.96. The van der Waals surface area contributed by atoms with Gasteiger partial charge in [0.25, 0.3) is 0 Å². The van der Waals surface area contributed by atoms with E-state index in [2.05, 4.69) is 31.1 Å². The molecule has 6 heteroatoms. The molecule has 1 heterocycles. The van der Waals surface area contributed by atoms with Crippen molar-refractivity contribution in [3.63, 3.8) is 0 Å². The minimum Gasteiger partial charge on any atom is -0.298 e. The summed E-state index contributed by atoms with van der Waals surface area (Å²) in [5.41, 5.74) is 0.974. The van der Waals surface area contributed by atoms with E-state index in [9.17, 15) is 4.79 Å². The molecule has 1 saturated carbocycles. The van der Waals surface area contributed by atoms with Crippen LogP contribution in [0.5, 0.6) is 0 Å². The number of hydrogen-bond acceptors (Lipinski definition) is 4. The van der Waals surface area contributed by atoms with Crippen LogP contribution < -0.4 is 0 Å². The summed E-state index contributed by atoms with van der Waals surface area (Å²) < 4.78 is 0.974. The molecule has 1 aromatic heterocycles. The van der Waals surface area contributed by atoms with E-state index < -0.39 is 0 Å². The second-order valence-corrected chi connectivity index (χ2v) is 6.79. The number of rotatable bonds is 3. The van der Waals surface area contributed by atoms with Gasteiger partial charge < -0.3 is 0 Å². The largest absolute Gasteiger partial charge is 0.298 e. The van der Waals surface area contributed by atoms with Gasteiger partial charge in [-0.3, -0.25) is 9.89 Å². The number of ketones is 1. The second kappa shape index (κ2) is 6.10. The number of carbonyl (C=O) groups is 1. The number of nitrogens with zero attached hydrogens (tertiary/aromatic N) is 2. The maximum absolute atomic E-state index is 11.8. The number of aromatic amines is 1. The lowest BCUT2D eigenvalue weighted by Gasteiger charge is -2.17. The normalized spacial score (nSPS) is 19.2. The number of nitrogens with one attached hydrogen (secondary N) is 1. The maximum atomic E-state index is 11.8. The molecule has 104 valence electrons. The number of hydrogen-bond donors (Lipinski definition) is 1. The Morgan fingerprint density at radius 1 is 1.30 bits per heavy atom. The highest BCUT2D eigenvalue weighted by molar-refractivity contribution is 9.10. The van der Waals surface area contributed by atoms with Crippen molar-refractivity contribution in [1.29, 1.82) is 0 Å². The summed E-state index contributed by atoms with van der Waals surface area (Å²) in [5, 5.41) is 7.83. The summed E-state index contributed by atoms with van der Waals surface area (Å²) in [6, 6.07) is 7.86. The Balaban J connectivity index is 1.77. The van der Waals surface area contributed by atoms with Gasteiger partial charge in [0.2, 0.25) is 5.16 Å². The zero-order valence-electron chi connectivity index (χ0n) is 10.8. The van der Waals surface area contributed by atoms with Crippen LogP contribution in [0.3, 0.4) is 0 Å². The van der Waals surface area contributed by atoms with Crippen molar-refractivity contribution in [3.05, 3.63) is 28.7 Å². The predicted octanol–water partition coefficient (Wildman–Crippen LogP) is 3.84. The van der Waals surface area contributed by atoms with Crippen molar-refractivity contribution in [2.45, 2.75) is 36.1 Å². The maximum Gasteiger partial charge on any atom is 0.209 e. The summed E-state index contributed by atoms with van der Waals surface area (Å²) in [5.74, 6) is 1.05. The zero-order chi connectivity index (χ0) is 13.9. The number of carbonyl (C=O) groups excluding carboxylic acids is 1. The average molecular weight is 352 g/mol. The number of benzene rings is 1. The van der Waals surface area contributed by atoms with Gasteiger partial charge >= 0.3 is 0 Å². The van der Waals surface area contributed by atoms with Crippen LogP contribution in [-0.2, 0) is 4.79 Å². The van der Waals surface area contributed by atoms with E-state index in [1.165, 1.54) is 11.8 Å². The Morgan fingerprint density at radius 3 is 2.95 bits per heavy atom. The SMILES string of the molecule is O=C1CCCC[C@@H]1Sc1n[nH]c(-c2ccccc2Br)n1. The van der Waals surface area contributed by atoms with Gasteiger partial charge in [0.15, 0.2) is 5.82 Å². The topological polar surface area (TPSA) is 58.6 Å². The molecule has 0 aliphatic heterocycles. The molecule has 0 spiro atoms. The lowest BCUT2D eigenvalue weighted by atomic mass is 9.99. The zero-order valence-corrected chi connectivity index (χ0v) is 13.2. The van der Waals surface area contributed by atoms with Crippen LogP contribution in [0.1, 0.15) is 25.7 Å². The molecule has 0 bridgehead atoms. The summed E-state index contributed by atoms with van der Waals surface area (Å²) >= 11 is 4.98. The van der Waals surface area contributed by atoms with E-state index in [1.54, 1.807) is 0 Å². The first-order valence-corrected chi connectivity index (χ1v) is 8.28. The van der Waals surface area contributed by atoms with Gasteiger partial charge in [0.05, 0.1) is 5.25 Å². The predicted molar refractivity (Wildman–Crippen MR) is 82.6 cm³/mol. The minimum atomic E-state index is 0.0200.